The van der Waals surface area contributed by atoms with Gasteiger partial charge < -0.3 is 5.32 Å². The Bertz CT molecular complexity index is 700. The van der Waals surface area contributed by atoms with Crippen LogP contribution in [0.4, 0.5) is 0 Å². The summed E-state index contributed by atoms with van der Waals surface area (Å²) in [4.78, 5) is 21.0. The van der Waals surface area contributed by atoms with Crippen LogP contribution in [0.15, 0.2) is 30.5 Å². The lowest BCUT2D eigenvalue weighted by molar-refractivity contribution is 0.0938. The summed E-state index contributed by atoms with van der Waals surface area (Å²) in [5, 5.41) is 3.08. The van der Waals surface area contributed by atoms with Gasteiger partial charge in [-0.15, -0.1) is 0 Å². The molecule has 0 unspecified atom stereocenters. The fraction of sp³-hybridized carbons (Fsp3) is 0.500. The van der Waals surface area contributed by atoms with Crippen molar-refractivity contribution in [1.29, 1.82) is 0 Å². The maximum absolute atomic E-state index is 12.3. The molecule has 2 aromatic rings. The van der Waals surface area contributed by atoms with Crippen LogP contribution < -0.4 is 5.32 Å². The maximum Gasteiger partial charge on any atom is 0.271 e. The number of para-hydroxylation sites is 2. The van der Waals surface area contributed by atoms with Crippen molar-refractivity contribution in [2.75, 3.05) is 6.54 Å². The summed E-state index contributed by atoms with van der Waals surface area (Å²) in [6.07, 6.45) is 8.30. The molecule has 1 amide bonds. The highest BCUT2D eigenvalue weighted by atomic mass is 16.1. The Hall–Kier alpha value is -1.97. The summed E-state index contributed by atoms with van der Waals surface area (Å²) < 4.78 is 0. The lowest BCUT2D eigenvalue weighted by Gasteiger charge is -2.18. The third-order valence-electron chi connectivity index (χ3n) is 5.44. The molecule has 0 radical (unpaired) electrons. The van der Waals surface area contributed by atoms with Gasteiger partial charge in [0.2, 0.25) is 0 Å². The van der Waals surface area contributed by atoms with Gasteiger partial charge >= 0.3 is 0 Å². The van der Waals surface area contributed by atoms with Crippen LogP contribution >= 0.6 is 0 Å². The topological polar surface area (TPSA) is 54.9 Å². The molecule has 0 aliphatic heterocycles. The Labute approximate surface area is 130 Å². The fourth-order valence-corrected chi connectivity index (χ4v) is 4.32. The molecule has 2 saturated carbocycles. The van der Waals surface area contributed by atoms with E-state index >= 15 is 0 Å². The van der Waals surface area contributed by atoms with Gasteiger partial charge in [-0.3, -0.25) is 9.78 Å². The smallest absolute Gasteiger partial charge is 0.271 e. The molecule has 114 valence electrons. The molecular weight excluding hydrogens is 274 g/mol. The molecule has 1 N–H and O–H groups in total. The van der Waals surface area contributed by atoms with Gasteiger partial charge in [-0.1, -0.05) is 25.0 Å². The molecule has 22 heavy (non-hydrogen) atoms. The van der Waals surface area contributed by atoms with Crippen LogP contribution in [0.25, 0.3) is 11.0 Å². The van der Waals surface area contributed by atoms with E-state index in [4.69, 9.17) is 0 Å². The Balaban J connectivity index is 1.42. The van der Waals surface area contributed by atoms with Gasteiger partial charge in [-0.25, -0.2) is 4.98 Å². The van der Waals surface area contributed by atoms with Crippen LogP contribution in [0.2, 0.25) is 0 Å². The molecular formula is C18H21N3O. The molecule has 0 bridgehead atoms. The standard InChI is InChI=1S/C18H21N3O/c22-18(17-11-19-15-6-1-2-7-16(15)21-17)20-10-13-9-8-12-4-3-5-14(12)13/h1-2,6-7,11-14H,3-5,8-10H2,(H,20,22)/t12-,13+,14-/m0/s1. The number of amides is 1. The van der Waals surface area contributed by atoms with Gasteiger partial charge in [-0.05, 0) is 49.1 Å². The number of aromatic nitrogens is 2. The predicted molar refractivity (Wildman–Crippen MR) is 85.4 cm³/mol. The fourth-order valence-electron chi connectivity index (χ4n) is 4.32. The lowest BCUT2D eigenvalue weighted by Crippen LogP contribution is -2.31. The number of rotatable bonds is 3. The highest BCUT2D eigenvalue weighted by Crippen LogP contribution is 2.47. The molecule has 0 spiro atoms. The quantitative estimate of drug-likeness (QED) is 0.946. The maximum atomic E-state index is 12.3. The first-order chi connectivity index (χ1) is 10.8. The van der Waals surface area contributed by atoms with E-state index in [1.807, 2.05) is 24.3 Å². The highest BCUT2D eigenvalue weighted by molar-refractivity contribution is 5.93. The van der Waals surface area contributed by atoms with Gasteiger partial charge in [0.15, 0.2) is 0 Å². The second-order valence-corrected chi connectivity index (χ2v) is 6.65. The first-order valence-electron chi connectivity index (χ1n) is 8.31. The second-order valence-electron chi connectivity index (χ2n) is 6.65. The summed E-state index contributed by atoms with van der Waals surface area (Å²) >= 11 is 0. The lowest BCUT2D eigenvalue weighted by atomic mass is 9.92. The zero-order chi connectivity index (χ0) is 14.9. The molecule has 1 aromatic heterocycles. The van der Waals surface area contributed by atoms with Crippen LogP contribution in [-0.2, 0) is 0 Å². The number of nitrogens with one attached hydrogen (secondary N) is 1. The molecule has 2 fully saturated rings. The third-order valence-corrected chi connectivity index (χ3v) is 5.44. The Morgan fingerprint density at radius 1 is 1.14 bits per heavy atom. The first-order valence-corrected chi connectivity index (χ1v) is 8.31. The zero-order valence-corrected chi connectivity index (χ0v) is 12.7. The number of hydrogen-bond donors (Lipinski definition) is 1. The Morgan fingerprint density at radius 2 is 2.00 bits per heavy atom. The van der Waals surface area contributed by atoms with E-state index < -0.39 is 0 Å². The van der Waals surface area contributed by atoms with E-state index in [0.717, 1.165) is 29.4 Å². The van der Waals surface area contributed by atoms with Gasteiger partial charge in [0.25, 0.3) is 5.91 Å². The van der Waals surface area contributed by atoms with E-state index in [1.54, 1.807) is 6.20 Å². The van der Waals surface area contributed by atoms with Gasteiger partial charge in [-0.2, -0.15) is 0 Å². The van der Waals surface area contributed by atoms with E-state index in [9.17, 15) is 4.79 Å². The summed E-state index contributed by atoms with van der Waals surface area (Å²) in [5.74, 6) is 2.31. The minimum atomic E-state index is -0.0975. The number of hydrogen-bond acceptors (Lipinski definition) is 3. The van der Waals surface area contributed by atoms with Crippen molar-refractivity contribution < 1.29 is 4.79 Å². The number of nitrogens with zero attached hydrogens (tertiary/aromatic N) is 2. The molecule has 4 heteroatoms. The van der Waals surface area contributed by atoms with Crippen LogP contribution in [0.5, 0.6) is 0 Å². The number of benzene rings is 1. The molecule has 4 rings (SSSR count). The summed E-state index contributed by atoms with van der Waals surface area (Å²) in [7, 11) is 0. The molecule has 4 nitrogen and oxygen atoms in total. The third kappa shape index (κ3) is 2.47. The largest absolute Gasteiger partial charge is 0.350 e. The van der Waals surface area contributed by atoms with Crippen molar-refractivity contribution in [3.05, 3.63) is 36.2 Å². The molecule has 1 heterocycles. The SMILES string of the molecule is O=C(NC[C@H]1CC[C@@H]2CCC[C@@H]21)c1cnc2ccccc2n1. The normalized spacial score (nSPS) is 27.0. The van der Waals surface area contributed by atoms with E-state index in [0.29, 0.717) is 11.6 Å². The van der Waals surface area contributed by atoms with Crippen molar-refractivity contribution in [1.82, 2.24) is 15.3 Å². The van der Waals surface area contributed by atoms with Crippen molar-refractivity contribution >= 4 is 16.9 Å². The molecule has 0 saturated heterocycles. The first kappa shape index (κ1) is 13.7. The predicted octanol–water partition coefficient (Wildman–Crippen LogP) is 3.19. The number of carbonyl (C=O) groups excluding carboxylic acids is 1. The van der Waals surface area contributed by atoms with Crippen LogP contribution in [0, 0.1) is 17.8 Å². The zero-order valence-electron chi connectivity index (χ0n) is 12.7. The van der Waals surface area contributed by atoms with Crippen molar-refractivity contribution in [3.8, 4) is 0 Å². The van der Waals surface area contributed by atoms with Crippen molar-refractivity contribution in [2.45, 2.75) is 32.1 Å². The van der Waals surface area contributed by atoms with Gasteiger partial charge in [0.1, 0.15) is 5.69 Å². The van der Waals surface area contributed by atoms with Crippen molar-refractivity contribution in [3.63, 3.8) is 0 Å². The molecule has 2 aliphatic carbocycles. The highest BCUT2D eigenvalue weighted by Gasteiger charge is 2.38. The summed E-state index contributed by atoms with van der Waals surface area (Å²) in [6, 6.07) is 7.63. The van der Waals surface area contributed by atoms with Crippen LogP contribution in [0.1, 0.15) is 42.6 Å². The monoisotopic (exact) mass is 295 g/mol. The minimum absolute atomic E-state index is 0.0975. The van der Waals surface area contributed by atoms with E-state index in [1.165, 1.54) is 32.1 Å². The Morgan fingerprint density at radius 3 is 2.91 bits per heavy atom. The second kappa shape index (κ2) is 5.67. The van der Waals surface area contributed by atoms with Crippen LogP contribution in [-0.4, -0.2) is 22.4 Å². The molecule has 1 aromatic carbocycles. The van der Waals surface area contributed by atoms with E-state index in [2.05, 4.69) is 15.3 Å². The Kier molecular flexibility index (Phi) is 3.53. The average Bonchev–Trinajstić information content (AvgIpc) is 3.16. The number of carbonyl (C=O) groups is 1. The summed E-state index contributed by atoms with van der Waals surface area (Å²) in [6.45, 7) is 0.786. The average molecular weight is 295 g/mol. The van der Waals surface area contributed by atoms with Gasteiger partial charge in [0, 0.05) is 6.54 Å². The minimum Gasteiger partial charge on any atom is -0.350 e. The molecule has 3 atom stereocenters. The summed E-state index contributed by atoms with van der Waals surface area (Å²) in [5.41, 5.74) is 2.01. The number of fused-ring (bicyclic) bond motifs is 2. The van der Waals surface area contributed by atoms with Crippen LogP contribution in [0.3, 0.4) is 0 Å². The van der Waals surface area contributed by atoms with Gasteiger partial charge in [0.05, 0.1) is 17.2 Å². The van der Waals surface area contributed by atoms with Crippen molar-refractivity contribution in [2.24, 2.45) is 17.8 Å². The van der Waals surface area contributed by atoms with E-state index in [-0.39, 0.29) is 5.91 Å². The molecule has 2 aliphatic rings.